The first-order chi connectivity index (χ1) is 8.29. The minimum atomic E-state index is -2.86. The molecule has 0 aromatic rings. The average molecular weight is 263 g/mol. The summed E-state index contributed by atoms with van der Waals surface area (Å²) in [5.41, 5.74) is -1.52. The van der Waals surface area contributed by atoms with Crippen molar-refractivity contribution in [3.63, 3.8) is 0 Å². The molecule has 18 heavy (non-hydrogen) atoms. The largest absolute Gasteiger partial charge is 0.481 e. The minimum absolute atomic E-state index is 0.149. The quantitative estimate of drug-likeness (QED) is 0.660. The summed E-state index contributed by atoms with van der Waals surface area (Å²) in [6, 6.07) is 0. The highest BCUT2D eigenvalue weighted by molar-refractivity contribution is 5.86. The number of nitrogens with one attached hydrogen (secondary N) is 1. The van der Waals surface area contributed by atoms with E-state index in [-0.39, 0.29) is 12.8 Å². The van der Waals surface area contributed by atoms with E-state index in [9.17, 15) is 18.4 Å². The zero-order valence-electron chi connectivity index (χ0n) is 10.5. The summed E-state index contributed by atoms with van der Waals surface area (Å²) in [5.74, 6) is -4.26. The van der Waals surface area contributed by atoms with E-state index in [1.807, 2.05) is 0 Å². The molecule has 104 valence electrons. The van der Waals surface area contributed by atoms with Crippen LogP contribution < -0.4 is 5.32 Å². The predicted molar refractivity (Wildman–Crippen MR) is 61.4 cm³/mol. The van der Waals surface area contributed by atoms with Gasteiger partial charge in [-0.3, -0.25) is 9.59 Å². The van der Waals surface area contributed by atoms with Crippen LogP contribution in [0.3, 0.4) is 0 Å². The molecule has 1 amide bonds. The van der Waals surface area contributed by atoms with Crippen LogP contribution in [0.25, 0.3) is 0 Å². The van der Waals surface area contributed by atoms with Crippen LogP contribution in [0.1, 0.15) is 45.4 Å². The van der Waals surface area contributed by atoms with Crippen LogP contribution in [0.4, 0.5) is 8.78 Å². The summed E-state index contributed by atoms with van der Waals surface area (Å²) in [4.78, 5) is 21.7. The van der Waals surface area contributed by atoms with Crippen molar-refractivity contribution in [2.24, 2.45) is 5.41 Å². The third-order valence-electron chi connectivity index (χ3n) is 3.36. The van der Waals surface area contributed by atoms with Crippen molar-refractivity contribution in [2.45, 2.75) is 51.4 Å². The monoisotopic (exact) mass is 263 g/mol. The van der Waals surface area contributed by atoms with Gasteiger partial charge >= 0.3 is 5.97 Å². The van der Waals surface area contributed by atoms with Crippen molar-refractivity contribution in [3.8, 4) is 0 Å². The van der Waals surface area contributed by atoms with Crippen LogP contribution in [0.2, 0.25) is 0 Å². The second-order valence-electron chi connectivity index (χ2n) is 5.03. The molecule has 0 spiro atoms. The summed E-state index contributed by atoms with van der Waals surface area (Å²) in [6.07, 6.45) is 2.64. The zero-order valence-corrected chi connectivity index (χ0v) is 10.5. The number of unbranched alkanes of at least 4 members (excludes halogenated alkanes) is 3. The number of rotatable bonds is 8. The van der Waals surface area contributed by atoms with Crippen LogP contribution in [-0.4, -0.2) is 29.5 Å². The van der Waals surface area contributed by atoms with Crippen LogP contribution in [0, 0.1) is 5.41 Å². The fraction of sp³-hybridized carbons (Fsp3) is 0.833. The topological polar surface area (TPSA) is 66.4 Å². The summed E-state index contributed by atoms with van der Waals surface area (Å²) < 4.78 is 25.7. The van der Waals surface area contributed by atoms with E-state index in [4.69, 9.17) is 5.11 Å². The molecular weight excluding hydrogens is 244 g/mol. The maximum atomic E-state index is 12.9. The first-order valence-corrected chi connectivity index (χ1v) is 6.17. The lowest BCUT2D eigenvalue weighted by atomic mass is 10.1. The van der Waals surface area contributed by atoms with E-state index in [2.05, 4.69) is 5.32 Å². The third kappa shape index (κ3) is 3.65. The Bertz CT molecular complexity index is 333. The maximum Gasteiger partial charge on any atom is 0.303 e. The van der Waals surface area contributed by atoms with Gasteiger partial charge in [-0.05, 0) is 19.8 Å². The summed E-state index contributed by atoms with van der Waals surface area (Å²) in [7, 11) is 0. The van der Waals surface area contributed by atoms with Gasteiger partial charge in [-0.2, -0.15) is 0 Å². The van der Waals surface area contributed by atoms with Gasteiger partial charge in [0.05, 0.1) is 0 Å². The number of amides is 1. The summed E-state index contributed by atoms with van der Waals surface area (Å²) >= 11 is 0. The van der Waals surface area contributed by atoms with Crippen LogP contribution in [0.5, 0.6) is 0 Å². The minimum Gasteiger partial charge on any atom is -0.481 e. The zero-order chi connectivity index (χ0) is 13.8. The molecule has 0 aliphatic heterocycles. The van der Waals surface area contributed by atoms with Gasteiger partial charge in [0.1, 0.15) is 5.41 Å². The third-order valence-corrected chi connectivity index (χ3v) is 3.36. The van der Waals surface area contributed by atoms with Crippen LogP contribution in [-0.2, 0) is 9.59 Å². The lowest BCUT2D eigenvalue weighted by Crippen LogP contribution is -2.34. The fourth-order valence-electron chi connectivity index (χ4n) is 1.80. The van der Waals surface area contributed by atoms with E-state index in [0.29, 0.717) is 19.4 Å². The molecule has 1 saturated carbocycles. The predicted octanol–water partition coefficient (Wildman–Crippen LogP) is 2.18. The van der Waals surface area contributed by atoms with Gasteiger partial charge < -0.3 is 10.4 Å². The smallest absolute Gasteiger partial charge is 0.303 e. The molecule has 1 atom stereocenters. The Labute approximate surface area is 105 Å². The van der Waals surface area contributed by atoms with E-state index in [0.717, 1.165) is 12.8 Å². The average Bonchev–Trinajstić information content (AvgIpc) is 2.77. The fourth-order valence-corrected chi connectivity index (χ4v) is 1.80. The summed E-state index contributed by atoms with van der Waals surface area (Å²) in [6.45, 7) is 1.65. The molecule has 2 N–H and O–H groups in total. The van der Waals surface area contributed by atoms with Gasteiger partial charge in [-0.15, -0.1) is 0 Å². The Morgan fingerprint density at radius 2 is 1.78 bits per heavy atom. The van der Waals surface area contributed by atoms with E-state index in [1.54, 1.807) is 0 Å². The van der Waals surface area contributed by atoms with E-state index < -0.39 is 23.2 Å². The van der Waals surface area contributed by atoms with Crippen molar-refractivity contribution in [1.82, 2.24) is 5.32 Å². The van der Waals surface area contributed by atoms with E-state index in [1.165, 1.54) is 6.92 Å². The molecule has 0 radical (unpaired) electrons. The molecule has 0 heterocycles. The van der Waals surface area contributed by atoms with Gasteiger partial charge in [0.15, 0.2) is 0 Å². The number of carbonyl (C=O) groups excluding carboxylic acids is 1. The Balaban J connectivity index is 2.02. The van der Waals surface area contributed by atoms with Crippen molar-refractivity contribution in [1.29, 1.82) is 0 Å². The number of hydrogen-bond acceptors (Lipinski definition) is 2. The van der Waals surface area contributed by atoms with Crippen molar-refractivity contribution < 1.29 is 23.5 Å². The Kier molecular flexibility index (Phi) is 4.65. The molecule has 0 bridgehead atoms. The van der Waals surface area contributed by atoms with Gasteiger partial charge in [-0.1, -0.05) is 12.8 Å². The SMILES string of the molecule is CC1(C(=O)NCCCCCCC(=O)O)CC1(F)F. The molecule has 0 aromatic heterocycles. The van der Waals surface area contributed by atoms with Gasteiger partial charge in [-0.25, -0.2) is 8.78 Å². The lowest BCUT2D eigenvalue weighted by Gasteiger charge is -2.10. The molecule has 1 aliphatic carbocycles. The molecule has 1 rings (SSSR count). The molecule has 1 fully saturated rings. The highest BCUT2D eigenvalue weighted by Crippen LogP contribution is 2.60. The number of hydrogen-bond donors (Lipinski definition) is 2. The number of carboxylic acid groups (broad SMARTS) is 1. The van der Waals surface area contributed by atoms with Crippen molar-refractivity contribution >= 4 is 11.9 Å². The van der Waals surface area contributed by atoms with Crippen LogP contribution in [0.15, 0.2) is 0 Å². The lowest BCUT2D eigenvalue weighted by molar-refractivity contribution is -0.137. The van der Waals surface area contributed by atoms with Gasteiger partial charge in [0.25, 0.3) is 5.92 Å². The number of carboxylic acids is 1. The molecule has 6 heteroatoms. The Morgan fingerprint density at radius 3 is 2.28 bits per heavy atom. The highest BCUT2D eigenvalue weighted by Gasteiger charge is 2.72. The number of carbonyl (C=O) groups is 2. The van der Waals surface area contributed by atoms with Gasteiger partial charge in [0.2, 0.25) is 5.91 Å². The molecular formula is C12H19F2NO3. The molecule has 4 nitrogen and oxygen atoms in total. The Morgan fingerprint density at radius 1 is 1.22 bits per heavy atom. The molecule has 0 saturated heterocycles. The number of halogens is 2. The second-order valence-corrected chi connectivity index (χ2v) is 5.03. The van der Waals surface area contributed by atoms with Crippen LogP contribution >= 0.6 is 0 Å². The number of alkyl halides is 2. The normalized spacial score (nSPS) is 24.6. The van der Waals surface area contributed by atoms with Crippen molar-refractivity contribution in [3.05, 3.63) is 0 Å². The standard InChI is InChI=1S/C12H19F2NO3/c1-11(8-12(11,13)14)10(18)15-7-5-3-2-4-6-9(16)17/h2-8H2,1H3,(H,15,18)(H,16,17). The molecule has 1 unspecified atom stereocenters. The number of aliphatic carboxylic acids is 1. The Hall–Kier alpha value is -1.20. The first kappa shape index (κ1) is 14.9. The highest BCUT2D eigenvalue weighted by atomic mass is 19.3. The molecule has 1 aliphatic rings. The maximum absolute atomic E-state index is 12.9. The van der Waals surface area contributed by atoms with Gasteiger partial charge in [0, 0.05) is 19.4 Å². The molecule has 0 aromatic carbocycles. The van der Waals surface area contributed by atoms with Crippen molar-refractivity contribution in [2.75, 3.05) is 6.54 Å². The second kappa shape index (κ2) is 5.63. The summed E-state index contributed by atoms with van der Waals surface area (Å²) in [5, 5.41) is 10.9. The first-order valence-electron chi connectivity index (χ1n) is 6.17. The van der Waals surface area contributed by atoms with E-state index >= 15 is 0 Å².